The Kier molecular flexibility index (Phi) is 4.65. The zero-order chi connectivity index (χ0) is 13.8. The van der Waals surface area contributed by atoms with Crippen molar-refractivity contribution in [1.82, 2.24) is 20.1 Å². The Morgan fingerprint density at radius 2 is 2.42 bits per heavy atom. The maximum atomic E-state index is 11.5. The van der Waals surface area contributed by atoms with Crippen LogP contribution in [-0.2, 0) is 11.3 Å². The smallest absolute Gasteiger partial charge is 0.343 e. The number of H-pyrrole nitrogens is 1. The molecule has 0 aromatic carbocycles. The lowest BCUT2D eigenvalue weighted by Gasteiger charge is -2.13. The van der Waals surface area contributed by atoms with Crippen molar-refractivity contribution in [1.29, 1.82) is 0 Å². The normalized spacial score (nSPS) is 16.5. The fourth-order valence-electron chi connectivity index (χ4n) is 1.72. The van der Waals surface area contributed by atoms with E-state index >= 15 is 0 Å². The summed E-state index contributed by atoms with van der Waals surface area (Å²) in [5.41, 5.74) is -0.244. The predicted octanol–water partition coefficient (Wildman–Crippen LogP) is 0.279. The molecule has 7 nitrogen and oxygen atoms in total. The molecule has 1 aliphatic carbocycles. The molecule has 0 amide bonds. The fraction of sp³-hybridized carbons (Fsp3) is 0.727. The molecule has 1 unspecified atom stereocenters. The highest BCUT2D eigenvalue weighted by Crippen LogP contribution is 2.21. The zero-order valence-corrected chi connectivity index (χ0v) is 11.6. The quantitative estimate of drug-likeness (QED) is 0.594. The first-order valence-corrected chi connectivity index (χ1v) is 7.37. The van der Waals surface area contributed by atoms with Crippen LogP contribution in [0.15, 0.2) is 9.95 Å². The molecule has 2 rings (SSSR count). The molecule has 1 aromatic rings. The van der Waals surface area contributed by atoms with Crippen LogP contribution >= 0.6 is 11.8 Å². The van der Waals surface area contributed by atoms with E-state index in [0.29, 0.717) is 23.5 Å². The van der Waals surface area contributed by atoms with E-state index in [1.54, 1.807) is 4.57 Å². The lowest BCUT2D eigenvalue weighted by molar-refractivity contribution is -0.138. The van der Waals surface area contributed by atoms with Crippen LogP contribution in [0, 0.1) is 0 Å². The fourth-order valence-corrected chi connectivity index (χ4v) is 2.71. The van der Waals surface area contributed by atoms with Crippen molar-refractivity contribution in [2.45, 2.75) is 50.0 Å². The Morgan fingerprint density at radius 1 is 1.68 bits per heavy atom. The summed E-state index contributed by atoms with van der Waals surface area (Å²) < 4.78 is 1.54. The van der Waals surface area contributed by atoms with Gasteiger partial charge >= 0.3 is 11.7 Å². The van der Waals surface area contributed by atoms with Crippen LogP contribution in [0.25, 0.3) is 0 Å². The Morgan fingerprint density at radius 3 is 3.00 bits per heavy atom. The van der Waals surface area contributed by atoms with Gasteiger partial charge < -0.3 is 10.4 Å². The Bertz CT molecular complexity index is 494. The number of hydrogen-bond acceptors (Lipinski definition) is 5. The molecule has 1 atom stereocenters. The highest BCUT2D eigenvalue weighted by molar-refractivity contribution is 7.99. The average molecular weight is 286 g/mol. The lowest BCUT2D eigenvalue weighted by atomic mass is 10.3. The summed E-state index contributed by atoms with van der Waals surface area (Å²) in [5, 5.41) is 19.1. The van der Waals surface area contributed by atoms with E-state index in [-0.39, 0.29) is 5.69 Å². The van der Waals surface area contributed by atoms with Crippen LogP contribution in [0.4, 0.5) is 0 Å². The number of aromatic nitrogens is 3. The molecule has 1 aromatic heterocycles. The minimum absolute atomic E-state index is 0.244. The standard InChI is InChI=1S/C11H18N4O3S/c1-2-5-15-10(18)13-14-11(15)19-6-8(9(16)17)12-7-3-4-7/h7-8,12H,2-6H2,1H3,(H,13,18)(H,16,17). The third-order valence-electron chi connectivity index (χ3n) is 2.86. The van der Waals surface area contributed by atoms with Crippen LogP contribution in [-0.4, -0.2) is 43.7 Å². The van der Waals surface area contributed by atoms with Gasteiger partial charge in [-0.1, -0.05) is 18.7 Å². The number of aromatic amines is 1. The van der Waals surface area contributed by atoms with E-state index < -0.39 is 12.0 Å². The summed E-state index contributed by atoms with van der Waals surface area (Å²) in [7, 11) is 0. The number of aliphatic carboxylic acids is 1. The van der Waals surface area contributed by atoms with Gasteiger partial charge in [-0.15, -0.1) is 5.10 Å². The van der Waals surface area contributed by atoms with Crippen LogP contribution in [0.1, 0.15) is 26.2 Å². The van der Waals surface area contributed by atoms with Gasteiger partial charge in [-0.3, -0.25) is 9.36 Å². The predicted molar refractivity (Wildman–Crippen MR) is 71.4 cm³/mol. The summed E-state index contributed by atoms with van der Waals surface area (Å²) in [6, 6.07) is -0.266. The van der Waals surface area contributed by atoms with Gasteiger partial charge in [0.05, 0.1) is 0 Å². The first-order valence-electron chi connectivity index (χ1n) is 6.38. The van der Waals surface area contributed by atoms with Crippen LogP contribution in [0.5, 0.6) is 0 Å². The summed E-state index contributed by atoms with van der Waals surface area (Å²) in [4.78, 5) is 22.6. The summed E-state index contributed by atoms with van der Waals surface area (Å²) in [5.74, 6) is -0.501. The monoisotopic (exact) mass is 286 g/mol. The first kappa shape index (κ1) is 14.1. The molecule has 1 saturated carbocycles. The van der Waals surface area contributed by atoms with Crippen molar-refractivity contribution in [2.24, 2.45) is 0 Å². The molecule has 0 radical (unpaired) electrons. The number of rotatable bonds is 8. The molecular weight excluding hydrogens is 268 g/mol. The van der Waals surface area contributed by atoms with Crippen molar-refractivity contribution < 1.29 is 9.90 Å². The van der Waals surface area contributed by atoms with Crippen LogP contribution in [0.2, 0.25) is 0 Å². The van der Waals surface area contributed by atoms with E-state index in [0.717, 1.165) is 19.3 Å². The zero-order valence-electron chi connectivity index (χ0n) is 10.8. The second kappa shape index (κ2) is 6.25. The van der Waals surface area contributed by atoms with Crippen molar-refractivity contribution in [2.75, 3.05) is 5.75 Å². The number of carbonyl (C=O) groups is 1. The van der Waals surface area contributed by atoms with E-state index in [1.165, 1.54) is 11.8 Å². The van der Waals surface area contributed by atoms with E-state index in [2.05, 4.69) is 15.5 Å². The third-order valence-corrected chi connectivity index (χ3v) is 3.93. The molecular formula is C11H18N4O3S. The molecule has 8 heteroatoms. The lowest BCUT2D eigenvalue weighted by Crippen LogP contribution is -2.40. The average Bonchev–Trinajstić information content (AvgIpc) is 3.12. The van der Waals surface area contributed by atoms with Crippen molar-refractivity contribution >= 4 is 17.7 Å². The maximum Gasteiger partial charge on any atom is 0.343 e. The first-order chi connectivity index (χ1) is 9.11. The summed E-state index contributed by atoms with van der Waals surface area (Å²) >= 11 is 1.29. The number of hydrogen-bond donors (Lipinski definition) is 3. The SMILES string of the molecule is CCCn1c(SCC(NC2CC2)C(=O)O)n[nH]c1=O. The number of carboxylic acids is 1. The second-order valence-corrected chi connectivity index (χ2v) is 5.59. The Labute approximate surface area is 114 Å². The third kappa shape index (κ3) is 3.84. The molecule has 1 heterocycles. The van der Waals surface area contributed by atoms with E-state index in [1.807, 2.05) is 6.92 Å². The molecule has 1 aliphatic rings. The summed E-state index contributed by atoms with van der Waals surface area (Å²) in [6.07, 6.45) is 2.91. The number of nitrogens with zero attached hydrogens (tertiary/aromatic N) is 2. The van der Waals surface area contributed by atoms with Crippen molar-refractivity contribution in [3.63, 3.8) is 0 Å². The highest BCUT2D eigenvalue weighted by atomic mass is 32.2. The molecule has 1 fully saturated rings. The molecule has 106 valence electrons. The molecule has 0 bridgehead atoms. The Hall–Kier alpha value is -1.28. The molecule has 3 N–H and O–H groups in total. The number of nitrogens with one attached hydrogen (secondary N) is 2. The van der Waals surface area contributed by atoms with Gasteiger partial charge in [-0.25, -0.2) is 9.89 Å². The van der Waals surface area contributed by atoms with Gasteiger partial charge in [0.15, 0.2) is 5.16 Å². The summed E-state index contributed by atoms with van der Waals surface area (Å²) in [6.45, 7) is 2.56. The second-order valence-electron chi connectivity index (χ2n) is 4.61. The van der Waals surface area contributed by atoms with Crippen molar-refractivity contribution in [3.8, 4) is 0 Å². The van der Waals surface area contributed by atoms with E-state index in [9.17, 15) is 9.59 Å². The van der Waals surface area contributed by atoms with Crippen LogP contribution < -0.4 is 11.0 Å². The van der Waals surface area contributed by atoms with Gasteiger partial charge in [0.2, 0.25) is 0 Å². The van der Waals surface area contributed by atoms with Gasteiger partial charge in [0, 0.05) is 18.3 Å². The number of carboxylic acid groups (broad SMARTS) is 1. The van der Waals surface area contributed by atoms with Gasteiger partial charge in [-0.05, 0) is 19.3 Å². The molecule has 0 spiro atoms. The molecule has 0 aliphatic heterocycles. The van der Waals surface area contributed by atoms with E-state index in [4.69, 9.17) is 5.11 Å². The van der Waals surface area contributed by atoms with Crippen LogP contribution in [0.3, 0.4) is 0 Å². The maximum absolute atomic E-state index is 11.5. The van der Waals surface area contributed by atoms with Gasteiger partial charge in [-0.2, -0.15) is 0 Å². The highest BCUT2D eigenvalue weighted by Gasteiger charge is 2.28. The van der Waals surface area contributed by atoms with Crippen molar-refractivity contribution in [3.05, 3.63) is 10.5 Å². The minimum atomic E-state index is -0.862. The number of thioether (sulfide) groups is 1. The molecule has 0 saturated heterocycles. The Balaban J connectivity index is 1.95. The largest absolute Gasteiger partial charge is 0.480 e. The van der Waals surface area contributed by atoms with Gasteiger partial charge in [0.25, 0.3) is 0 Å². The topological polar surface area (TPSA) is 100 Å². The van der Waals surface area contributed by atoms with Gasteiger partial charge in [0.1, 0.15) is 6.04 Å². The molecule has 19 heavy (non-hydrogen) atoms. The minimum Gasteiger partial charge on any atom is -0.480 e.